The number of benzene rings is 2. The number of carbonyl (C=O) groups excluding carboxylic acids is 2. The minimum Gasteiger partial charge on any atom is -0.384 e. The van der Waals surface area contributed by atoms with Gasteiger partial charge in [-0.15, -0.1) is 0 Å². The van der Waals surface area contributed by atoms with Crippen LogP contribution in [0.2, 0.25) is 0 Å². The normalized spacial score (nSPS) is 17.8. The lowest BCUT2D eigenvalue weighted by Gasteiger charge is -2.27. The maximum atomic E-state index is 13.3. The first-order valence-electron chi connectivity index (χ1n) is 12.0. The van der Waals surface area contributed by atoms with E-state index in [4.69, 9.17) is 22.6 Å². The number of carbonyl (C=O) groups is 2. The quantitative estimate of drug-likeness (QED) is 0.217. The Morgan fingerprint density at radius 1 is 1.03 bits per heavy atom. The largest absolute Gasteiger partial charge is 0.384 e. The number of amidine groups is 1. The molecule has 184 valence electrons. The average Bonchev–Trinajstić information content (AvgIpc) is 3.19. The lowest BCUT2D eigenvalue weighted by atomic mass is 9.92. The first-order valence-corrected chi connectivity index (χ1v) is 12.0. The highest BCUT2D eigenvalue weighted by Gasteiger charge is 2.23. The molecule has 0 spiro atoms. The zero-order valence-electron chi connectivity index (χ0n) is 19.7. The van der Waals surface area contributed by atoms with Crippen molar-refractivity contribution in [2.45, 2.75) is 50.7 Å². The van der Waals surface area contributed by atoms with E-state index in [1.807, 2.05) is 47.0 Å². The van der Waals surface area contributed by atoms with E-state index in [0.29, 0.717) is 30.0 Å². The fourth-order valence-electron chi connectivity index (χ4n) is 4.53. The van der Waals surface area contributed by atoms with Crippen LogP contribution >= 0.6 is 0 Å². The molecule has 0 aliphatic heterocycles. The summed E-state index contributed by atoms with van der Waals surface area (Å²) in [6.45, 7) is 0.742. The van der Waals surface area contributed by atoms with Crippen molar-refractivity contribution in [1.82, 2.24) is 9.88 Å². The summed E-state index contributed by atoms with van der Waals surface area (Å²) < 4.78 is 1.95. The smallest absolute Gasteiger partial charge is 0.268 e. The van der Waals surface area contributed by atoms with Gasteiger partial charge in [0.15, 0.2) is 0 Å². The van der Waals surface area contributed by atoms with E-state index < -0.39 is 0 Å². The van der Waals surface area contributed by atoms with E-state index in [9.17, 15) is 9.59 Å². The molecule has 2 amide bonds. The molecule has 1 fully saturated rings. The molecule has 0 saturated heterocycles. The highest BCUT2D eigenvalue weighted by molar-refractivity contribution is 6.02. The number of anilines is 1. The Morgan fingerprint density at radius 3 is 2.40 bits per heavy atom. The number of rotatable bonds is 8. The predicted molar refractivity (Wildman–Crippen MR) is 138 cm³/mol. The van der Waals surface area contributed by atoms with Crippen molar-refractivity contribution in [3.63, 3.8) is 0 Å². The van der Waals surface area contributed by atoms with Crippen molar-refractivity contribution in [2.24, 2.45) is 17.2 Å². The molecule has 9 nitrogen and oxygen atoms in total. The lowest BCUT2D eigenvalue weighted by Crippen LogP contribution is -2.41. The molecule has 4 rings (SSSR count). The Morgan fingerprint density at radius 2 is 1.74 bits per heavy atom. The van der Waals surface area contributed by atoms with Crippen LogP contribution in [0.25, 0.3) is 10.9 Å². The number of nitrogens with one attached hydrogen (secondary N) is 3. The Bertz CT molecular complexity index is 1220. The van der Waals surface area contributed by atoms with Gasteiger partial charge in [-0.3, -0.25) is 15.0 Å². The van der Waals surface area contributed by atoms with E-state index in [-0.39, 0.29) is 36.2 Å². The molecular weight excluding hydrogens is 442 g/mol. The third kappa shape index (κ3) is 5.87. The van der Waals surface area contributed by atoms with Crippen molar-refractivity contribution >= 4 is 34.2 Å². The second kappa shape index (κ2) is 10.7. The predicted octanol–water partition coefficient (Wildman–Crippen LogP) is 2.26. The van der Waals surface area contributed by atoms with Crippen LogP contribution in [0.1, 0.15) is 53.7 Å². The third-order valence-corrected chi connectivity index (χ3v) is 6.50. The Labute approximate surface area is 204 Å². The fourth-order valence-corrected chi connectivity index (χ4v) is 4.53. The first kappa shape index (κ1) is 24.4. The van der Waals surface area contributed by atoms with Gasteiger partial charge in [-0.05, 0) is 55.5 Å². The van der Waals surface area contributed by atoms with Crippen LogP contribution in [0.15, 0.2) is 48.5 Å². The molecule has 0 bridgehead atoms. The van der Waals surface area contributed by atoms with Crippen LogP contribution in [0, 0.1) is 5.41 Å². The summed E-state index contributed by atoms with van der Waals surface area (Å²) in [7, 11) is 0. The monoisotopic (exact) mass is 475 g/mol. The van der Waals surface area contributed by atoms with Gasteiger partial charge in [-0.2, -0.15) is 0 Å². The molecule has 3 aromatic rings. The number of nitrogens with two attached hydrogens (primary N) is 3. The maximum absolute atomic E-state index is 13.3. The van der Waals surface area contributed by atoms with Crippen LogP contribution in [0.3, 0.4) is 0 Å². The minimum absolute atomic E-state index is 0.0261. The number of nitrogens with zero attached hydrogens (tertiary/aromatic N) is 1. The summed E-state index contributed by atoms with van der Waals surface area (Å²) in [5.41, 5.74) is 20.8. The molecule has 9 N–H and O–H groups in total. The van der Waals surface area contributed by atoms with Crippen molar-refractivity contribution in [3.05, 3.63) is 65.4 Å². The summed E-state index contributed by atoms with van der Waals surface area (Å²) in [6.07, 6.45) is 3.83. The fraction of sp³-hybridized carbons (Fsp3) is 0.346. The Balaban J connectivity index is 1.62. The summed E-state index contributed by atoms with van der Waals surface area (Å²) in [6, 6.07) is 15.2. The molecule has 1 aliphatic rings. The van der Waals surface area contributed by atoms with Gasteiger partial charge < -0.3 is 32.4 Å². The van der Waals surface area contributed by atoms with Crippen molar-refractivity contribution < 1.29 is 9.59 Å². The molecule has 1 heterocycles. The second-order valence-corrected chi connectivity index (χ2v) is 9.17. The number of hydrogen-bond donors (Lipinski definition) is 6. The summed E-state index contributed by atoms with van der Waals surface area (Å²) in [5, 5.41) is 14.7. The van der Waals surface area contributed by atoms with E-state index >= 15 is 0 Å². The number of hydrogen-bond acceptors (Lipinski definition) is 5. The van der Waals surface area contributed by atoms with Crippen LogP contribution in [-0.4, -0.2) is 40.8 Å². The maximum Gasteiger partial charge on any atom is 0.268 e. The van der Waals surface area contributed by atoms with Crippen LogP contribution in [0.4, 0.5) is 5.69 Å². The number of aromatic nitrogens is 1. The molecule has 0 atom stereocenters. The second-order valence-electron chi connectivity index (χ2n) is 9.17. The average molecular weight is 476 g/mol. The van der Waals surface area contributed by atoms with E-state index in [2.05, 4.69) is 10.6 Å². The van der Waals surface area contributed by atoms with Gasteiger partial charge in [0.25, 0.3) is 5.91 Å². The highest BCUT2D eigenvalue weighted by atomic mass is 16.2. The molecule has 1 saturated carbocycles. The Kier molecular flexibility index (Phi) is 7.48. The van der Waals surface area contributed by atoms with Gasteiger partial charge in [-0.25, -0.2) is 0 Å². The number of nitrogen functional groups attached to an aromatic ring is 1. The van der Waals surface area contributed by atoms with Gasteiger partial charge in [0, 0.05) is 53.7 Å². The van der Waals surface area contributed by atoms with Gasteiger partial charge in [0.1, 0.15) is 11.5 Å². The third-order valence-electron chi connectivity index (χ3n) is 6.50. The van der Waals surface area contributed by atoms with Crippen molar-refractivity contribution in [3.8, 4) is 0 Å². The first-order chi connectivity index (χ1) is 16.8. The van der Waals surface area contributed by atoms with Crippen LogP contribution in [-0.2, 0) is 11.3 Å². The number of fused-ring (bicyclic) bond motifs is 1. The van der Waals surface area contributed by atoms with Crippen molar-refractivity contribution in [2.75, 3.05) is 11.9 Å². The number of amides is 2. The molecule has 0 unspecified atom stereocenters. The zero-order valence-corrected chi connectivity index (χ0v) is 19.7. The van der Waals surface area contributed by atoms with Crippen molar-refractivity contribution in [1.29, 1.82) is 5.41 Å². The molecule has 9 heteroatoms. The van der Waals surface area contributed by atoms with Gasteiger partial charge in [0.05, 0.1) is 0 Å². The van der Waals surface area contributed by atoms with Gasteiger partial charge >= 0.3 is 0 Å². The van der Waals surface area contributed by atoms with E-state index in [1.54, 1.807) is 6.07 Å². The van der Waals surface area contributed by atoms with Crippen LogP contribution < -0.4 is 27.8 Å². The standard InChI is InChI=1S/C26H33N7O2/c27-12-11-24(34)31-20-7-1-16(2-8-20)15-33-22-14-18(25(29)30)4-3-17(22)13-23(33)26(35)32-21-9-5-19(28)6-10-21/h1-4,7-8,13-14,19,21H,5-6,9-12,15,27-28H2,(H3,29,30)(H,31,34)(H,32,35)/t19-,21-. The topological polar surface area (TPSA) is 165 Å². The molecule has 1 aliphatic carbocycles. The summed E-state index contributed by atoms with van der Waals surface area (Å²) in [5.74, 6) is -0.283. The summed E-state index contributed by atoms with van der Waals surface area (Å²) >= 11 is 0. The molecule has 35 heavy (non-hydrogen) atoms. The van der Waals surface area contributed by atoms with Gasteiger partial charge in [-0.1, -0.05) is 24.3 Å². The zero-order chi connectivity index (χ0) is 24.9. The van der Waals surface area contributed by atoms with E-state index in [1.165, 1.54) is 0 Å². The van der Waals surface area contributed by atoms with Crippen LogP contribution in [0.5, 0.6) is 0 Å². The SMILES string of the molecule is N=C(N)c1ccc2cc(C(=O)N[C@H]3CC[C@H](N)CC3)n(Cc3ccc(NC(=O)CCN)cc3)c2c1. The van der Waals surface area contributed by atoms with Gasteiger partial charge in [0.2, 0.25) is 5.91 Å². The Hall–Kier alpha value is -3.69. The lowest BCUT2D eigenvalue weighted by molar-refractivity contribution is -0.116. The molecule has 2 aromatic carbocycles. The van der Waals surface area contributed by atoms with E-state index in [0.717, 1.165) is 42.1 Å². The highest BCUT2D eigenvalue weighted by Crippen LogP contribution is 2.25. The molecule has 1 aromatic heterocycles. The summed E-state index contributed by atoms with van der Waals surface area (Å²) in [4.78, 5) is 25.2. The molecule has 0 radical (unpaired) electrons. The minimum atomic E-state index is -0.129. The molecular formula is C26H33N7O2.